The molecule has 0 bridgehead atoms. The van der Waals surface area contributed by atoms with Gasteiger partial charge in [0.05, 0.1) is 20.1 Å². The second-order valence-electron chi connectivity index (χ2n) is 9.30. The third kappa shape index (κ3) is 4.71. The van der Waals surface area contributed by atoms with Crippen LogP contribution >= 0.6 is 0 Å². The minimum atomic E-state index is -1.96. The molecule has 0 atom stereocenters. The molecule has 0 unspecified atom stereocenters. The topological polar surface area (TPSA) is 17.1 Å². The van der Waals surface area contributed by atoms with Crippen LogP contribution in [0, 0.1) is 0 Å². The van der Waals surface area contributed by atoms with Crippen LogP contribution in [0.5, 0.6) is 0 Å². The van der Waals surface area contributed by atoms with Crippen LogP contribution in [0.3, 0.4) is 0 Å². The van der Waals surface area contributed by atoms with Crippen molar-refractivity contribution in [3.8, 4) is 0 Å². The maximum atomic E-state index is 14.1. The zero-order chi connectivity index (χ0) is 20.0. The molecule has 3 aliphatic rings. The fourth-order valence-corrected chi connectivity index (χ4v) is 7.66. The molecule has 2 nitrogen and oxygen atoms in total. The number of quaternary nitrogens is 1. The Balaban J connectivity index is 0.00000121. The molecule has 0 aromatic heterocycles. The molecule has 0 heterocycles. The summed E-state index contributed by atoms with van der Waals surface area (Å²) in [4.78, 5) is 0. The van der Waals surface area contributed by atoms with E-state index in [0.29, 0.717) is 10.2 Å². The van der Waals surface area contributed by atoms with Gasteiger partial charge in [-0.25, -0.2) is 0 Å². The molecule has 0 spiro atoms. The van der Waals surface area contributed by atoms with Crippen LogP contribution in [0.2, 0.25) is 0 Å². The summed E-state index contributed by atoms with van der Waals surface area (Å²) in [7, 11) is 2.49. The average Bonchev–Trinajstić information content (AvgIpc) is 3.13. The van der Waals surface area contributed by atoms with Crippen LogP contribution in [0.25, 0.3) is 11.1 Å². The zero-order valence-electron chi connectivity index (χ0n) is 18.8. The van der Waals surface area contributed by atoms with E-state index in [9.17, 15) is 4.46 Å². The van der Waals surface area contributed by atoms with Crippen LogP contribution in [0.4, 0.5) is 0 Å². The number of fused-ring (bicyclic) bond motifs is 5. The van der Waals surface area contributed by atoms with Crippen LogP contribution in [-0.2, 0) is 32.6 Å². The molecule has 1 fully saturated rings. The Hall–Kier alpha value is -0.809. The van der Waals surface area contributed by atoms with Gasteiger partial charge in [-0.15, -0.1) is 0 Å². The third-order valence-electron chi connectivity index (χ3n) is 7.33. The van der Waals surface area contributed by atoms with E-state index < -0.39 is 8.84 Å². The average molecular weight is 519 g/mol. The van der Waals surface area contributed by atoms with E-state index in [2.05, 4.69) is 68.7 Å². The summed E-state index contributed by atoms with van der Waals surface area (Å²) >= 11 is 0. The smallest absolute Gasteiger partial charge is 0.587 e. The van der Waals surface area contributed by atoms with Crippen molar-refractivity contribution in [1.82, 2.24) is 0 Å². The maximum absolute atomic E-state index is 14.1. The van der Waals surface area contributed by atoms with Crippen molar-refractivity contribution in [2.24, 2.45) is 0 Å². The van der Waals surface area contributed by atoms with Gasteiger partial charge in [0.1, 0.15) is 0 Å². The summed E-state index contributed by atoms with van der Waals surface area (Å²) in [6.45, 7) is 0. The van der Waals surface area contributed by atoms with Gasteiger partial charge in [-0.05, 0) is 71.9 Å². The third-order valence-corrected chi connectivity index (χ3v) is 9.71. The van der Waals surface area contributed by atoms with Crippen molar-refractivity contribution in [3.63, 3.8) is 0 Å². The van der Waals surface area contributed by atoms with Gasteiger partial charge in [-0.3, -0.25) is 0 Å². The number of hydrogen-bond acceptors (Lipinski definition) is 1. The molecule has 0 N–H and O–H groups in total. The predicted octanol–water partition coefficient (Wildman–Crippen LogP) is -0.296. The first-order chi connectivity index (χ1) is 14.1. The van der Waals surface area contributed by atoms with Crippen LogP contribution in [0.15, 0.2) is 59.8 Å². The Bertz CT molecular complexity index is 1060. The minimum Gasteiger partial charge on any atom is -1.00 e. The van der Waals surface area contributed by atoms with Gasteiger partial charge in [0.25, 0.3) is 0 Å². The van der Waals surface area contributed by atoms with Crippen LogP contribution < -0.4 is 24.8 Å². The van der Waals surface area contributed by atoms with Crippen molar-refractivity contribution in [3.05, 3.63) is 82.1 Å². The minimum absolute atomic E-state index is 0. The van der Waals surface area contributed by atoms with Gasteiger partial charge >= 0.3 is 8.84 Å². The number of benzene rings is 2. The summed E-state index contributed by atoms with van der Waals surface area (Å²) in [5, 5.41) is 1.20. The molecule has 0 amide bonds. The Morgan fingerprint density at radius 3 is 2.06 bits per heavy atom. The van der Waals surface area contributed by atoms with Crippen LogP contribution in [0.1, 0.15) is 60.8 Å². The molecule has 32 heavy (non-hydrogen) atoms. The number of allylic oxidation sites excluding steroid dienone is 4. The van der Waals surface area contributed by atoms with Gasteiger partial charge in [-0.1, -0.05) is 61.0 Å². The van der Waals surface area contributed by atoms with E-state index in [1.54, 1.807) is 0 Å². The summed E-state index contributed by atoms with van der Waals surface area (Å²) in [6.07, 6.45) is 10.5. The number of hydrogen-bond donors (Lipinski definition) is 0. The number of nitrogens with zero attached hydrogens (tertiary/aromatic N) is 1. The van der Waals surface area contributed by atoms with Crippen molar-refractivity contribution in [1.29, 1.82) is 0 Å². The van der Waals surface area contributed by atoms with Gasteiger partial charge in [-0.2, -0.15) is 0 Å². The Morgan fingerprint density at radius 2 is 1.41 bits per heavy atom. The van der Waals surface area contributed by atoms with Crippen molar-refractivity contribution in [2.45, 2.75) is 51.0 Å². The number of rotatable bonds is 3. The first-order valence-corrected chi connectivity index (χ1v) is 12.4. The second kappa shape index (κ2) is 11.1. The molecule has 0 saturated heterocycles. The van der Waals surface area contributed by atoms with Crippen LogP contribution in [-0.4, -0.2) is 33.1 Å². The molecule has 0 aliphatic heterocycles. The number of halogens is 2. The summed E-state index contributed by atoms with van der Waals surface area (Å²) < 4.78 is 14.8. The summed E-state index contributed by atoms with van der Waals surface area (Å²) in [5.41, 5.74) is 7.94. The molecule has 1 saturated carbocycles. The molecule has 168 valence electrons. The van der Waals surface area contributed by atoms with E-state index in [1.807, 2.05) is 0 Å². The fraction of sp³-hybridized carbons (Fsp3) is 0.385. The van der Waals surface area contributed by atoms with Gasteiger partial charge in [0.2, 0.25) is 0 Å². The van der Waals surface area contributed by atoms with E-state index >= 15 is 0 Å². The Kier molecular flexibility index (Phi) is 9.50. The Labute approximate surface area is 221 Å². The molecule has 0 radical (unpaired) electrons. The monoisotopic (exact) mass is 518 g/mol. The first kappa shape index (κ1) is 27.4. The molecule has 2 aromatic rings. The fourth-order valence-electron chi connectivity index (χ4n) is 5.62. The van der Waals surface area contributed by atoms with Gasteiger partial charge < -0.3 is 33.4 Å². The molecule has 6 heteroatoms. The molecule has 2 aromatic carbocycles. The normalized spacial score (nSPS) is 17.4. The SMILES string of the molecule is C[N+](C)(C1CCCCC1)[Si](=O)C1=C2C(=CC1)c1ccccc1Cc1ccccc12.[Cl-].[Cl-].[Ti]. The predicted molar refractivity (Wildman–Crippen MR) is 121 cm³/mol. The van der Waals surface area contributed by atoms with E-state index in [0.717, 1.165) is 12.8 Å². The van der Waals surface area contributed by atoms with Gasteiger partial charge in [0, 0.05) is 26.9 Å². The summed E-state index contributed by atoms with van der Waals surface area (Å²) in [5.74, 6) is 0. The molecule has 5 rings (SSSR count). The van der Waals surface area contributed by atoms with E-state index in [-0.39, 0.29) is 46.5 Å². The first-order valence-electron chi connectivity index (χ1n) is 11.1. The molecule has 3 aliphatic carbocycles. The van der Waals surface area contributed by atoms with Crippen molar-refractivity contribution < 1.29 is 55.1 Å². The Morgan fingerprint density at radius 1 is 0.844 bits per heavy atom. The maximum Gasteiger partial charge on any atom is 0.587 e. The van der Waals surface area contributed by atoms with E-state index in [4.69, 9.17) is 0 Å². The summed E-state index contributed by atoms with van der Waals surface area (Å²) in [6, 6.07) is 18.1. The van der Waals surface area contributed by atoms with Gasteiger partial charge in [0.15, 0.2) is 0 Å². The quantitative estimate of drug-likeness (QED) is 0.510. The molecular weight excluding hydrogens is 489 g/mol. The molecular formula is C26H30Cl2NOSiTi-. The largest absolute Gasteiger partial charge is 1.00 e. The van der Waals surface area contributed by atoms with E-state index in [1.165, 1.54) is 70.7 Å². The zero-order valence-corrected chi connectivity index (χ0v) is 22.9. The van der Waals surface area contributed by atoms with Crippen molar-refractivity contribution in [2.75, 3.05) is 14.1 Å². The standard InChI is InChI=1S/C26H30NOSi.2ClH.Ti/c1-27(2,21-12-4-3-5-13-21)29(28)25-17-16-24-22-14-8-6-10-19(22)18-20-11-7-9-15-23(20)26(24)25;;;/h6-11,14-16,21H,3-5,12-13,17-18H2,1-2H3;2*1H;/q+1;;;/p-2. The second-order valence-corrected chi connectivity index (χ2v) is 11.7. The van der Waals surface area contributed by atoms with Crippen molar-refractivity contribution >= 4 is 20.0 Å².